The number of hydrogen-bond acceptors (Lipinski definition) is 6. The number of anilines is 1. The van der Waals surface area contributed by atoms with Gasteiger partial charge in [0.25, 0.3) is 5.91 Å². The van der Waals surface area contributed by atoms with Crippen LogP contribution in [0.2, 0.25) is 5.02 Å². The van der Waals surface area contributed by atoms with Crippen molar-refractivity contribution in [2.24, 2.45) is 13.0 Å². The van der Waals surface area contributed by atoms with Gasteiger partial charge in [-0.05, 0) is 95.9 Å². The fourth-order valence-corrected chi connectivity index (χ4v) is 8.06. The van der Waals surface area contributed by atoms with Crippen LogP contribution in [0.25, 0.3) is 10.9 Å². The van der Waals surface area contributed by atoms with Gasteiger partial charge in [0, 0.05) is 48.7 Å². The second-order valence-corrected chi connectivity index (χ2v) is 14.5. The molecule has 2 aromatic carbocycles. The number of aromatic nitrogens is 1. The zero-order valence-corrected chi connectivity index (χ0v) is 28.9. The van der Waals surface area contributed by atoms with Crippen LogP contribution in [0.1, 0.15) is 60.9 Å². The van der Waals surface area contributed by atoms with Crippen molar-refractivity contribution in [3.63, 3.8) is 0 Å². The van der Waals surface area contributed by atoms with Crippen molar-refractivity contribution in [2.75, 3.05) is 45.7 Å². The summed E-state index contributed by atoms with van der Waals surface area (Å²) in [6, 6.07) is 10.9. The summed E-state index contributed by atoms with van der Waals surface area (Å²) in [7, 11) is 6.12. The van der Waals surface area contributed by atoms with Gasteiger partial charge in [-0.15, -0.1) is 0 Å². The molecular formula is C37H47ClFN5O4. The highest BCUT2D eigenvalue weighted by atomic mass is 35.5. The first-order valence-electron chi connectivity index (χ1n) is 17.2. The number of para-hydroxylation sites is 1. The molecule has 3 heterocycles. The number of fused-ring (bicyclic) bond motifs is 1. The van der Waals surface area contributed by atoms with E-state index >= 15 is 4.39 Å². The molecule has 2 saturated heterocycles. The Balaban J connectivity index is 1.13. The van der Waals surface area contributed by atoms with Crippen LogP contribution in [0.3, 0.4) is 0 Å². The van der Waals surface area contributed by atoms with E-state index in [2.05, 4.69) is 29.2 Å². The fraction of sp³-hybridized carbons (Fsp3) is 0.541. The van der Waals surface area contributed by atoms with Gasteiger partial charge in [0.05, 0.1) is 41.4 Å². The fourth-order valence-electron chi connectivity index (χ4n) is 7.82. The van der Waals surface area contributed by atoms with Crippen LogP contribution < -0.4 is 5.32 Å². The molecule has 11 heteroatoms. The van der Waals surface area contributed by atoms with Crippen LogP contribution in [-0.2, 0) is 27.8 Å². The number of amides is 2. The van der Waals surface area contributed by atoms with Gasteiger partial charge >= 0.3 is 0 Å². The Kier molecular flexibility index (Phi) is 10.8. The van der Waals surface area contributed by atoms with Crippen LogP contribution in [-0.4, -0.2) is 102 Å². The zero-order chi connectivity index (χ0) is 33.9. The van der Waals surface area contributed by atoms with Gasteiger partial charge in [0.1, 0.15) is 12.1 Å². The van der Waals surface area contributed by atoms with Gasteiger partial charge < -0.3 is 29.2 Å². The highest BCUT2D eigenvalue weighted by Gasteiger charge is 2.40. The molecule has 1 saturated carbocycles. The molecule has 48 heavy (non-hydrogen) atoms. The smallest absolute Gasteiger partial charge is 0.257 e. The molecule has 2 amide bonds. The lowest BCUT2D eigenvalue weighted by molar-refractivity contribution is -0.133. The molecule has 0 bridgehead atoms. The summed E-state index contributed by atoms with van der Waals surface area (Å²) in [5.41, 5.74) is 1.71. The van der Waals surface area contributed by atoms with E-state index in [1.54, 1.807) is 6.20 Å². The lowest BCUT2D eigenvalue weighted by atomic mass is 9.88. The molecule has 6 rings (SSSR count). The minimum absolute atomic E-state index is 0.0842. The van der Waals surface area contributed by atoms with E-state index in [4.69, 9.17) is 16.3 Å². The average molecular weight is 680 g/mol. The number of ether oxygens (including phenoxy) is 1. The predicted octanol–water partition coefficient (Wildman–Crippen LogP) is 5.54. The number of piperidine rings is 1. The molecule has 258 valence electrons. The second-order valence-electron chi connectivity index (χ2n) is 14.1. The number of likely N-dealkylation sites (tertiary alicyclic amines) is 2. The maximum Gasteiger partial charge on any atom is 0.257 e. The van der Waals surface area contributed by atoms with Gasteiger partial charge in [0.2, 0.25) is 5.91 Å². The molecule has 3 fully saturated rings. The number of aryl methyl sites for hydroxylation is 1. The maximum atomic E-state index is 15.6. The van der Waals surface area contributed by atoms with Crippen LogP contribution in [0, 0.1) is 11.7 Å². The molecule has 1 N–H and O–H groups in total. The number of halogens is 2. The van der Waals surface area contributed by atoms with Gasteiger partial charge in [-0.25, -0.2) is 4.39 Å². The van der Waals surface area contributed by atoms with Crippen molar-refractivity contribution in [1.82, 2.24) is 19.3 Å². The third-order valence-electron chi connectivity index (χ3n) is 10.8. The van der Waals surface area contributed by atoms with Crippen LogP contribution >= 0.6 is 11.6 Å². The highest BCUT2D eigenvalue weighted by molar-refractivity contribution is 6.34. The number of nitrogens with one attached hydrogen (secondary N) is 1. The van der Waals surface area contributed by atoms with E-state index in [9.17, 15) is 14.4 Å². The van der Waals surface area contributed by atoms with E-state index in [0.717, 1.165) is 75.2 Å². The van der Waals surface area contributed by atoms with Crippen molar-refractivity contribution in [3.05, 3.63) is 64.6 Å². The molecule has 1 aliphatic carbocycles. The molecule has 9 nitrogen and oxygen atoms in total. The van der Waals surface area contributed by atoms with E-state index in [1.807, 2.05) is 40.8 Å². The van der Waals surface area contributed by atoms with E-state index in [1.165, 1.54) is 12.1 Å². The Labute approximate surface area is 287 Å². The first-order valence-corrected chi connectivity index (χ1v) is 17.6. The van der Waals surface area contributed by atoms with Gasteiger partial charge in [-0.1, -0.05) is 29.8 Å². The Morgan fingerprint density at radius 1 is 1.08 bits per heavy atom. The lowest BCUT2D eigenvalue weighted by Gasteiger charge is -2.38. The molecule has 2 atom stereocenters. The molecule has 1 aromatic heterocycles. The van der Waals surface area contributed by atoms with Crippen LogP contribution in [0.15, 0.2) is 42.6 Å². The topological polar surface area (TPSA) is 87.1 Å². The van der Waals surface area contributed by atoms with Gasteiger partial charge in [-0.2, -0.15) is 0 Å². The number of nitrogens with zero attached hydrogens (tertiary/aromatic N) is 4. The summed E-state index contributed by atoms with van der Waals surface area (Å²) in [5.74, 6) is -1.04. The van der Waals surface area contributed by atoms with E-state index in [0.29, 0.717) is 24.8 Å². The summed E-state index contributed by atoms with van der Waals surface area (Å²) < 4.78 is 23.8. The number of hydrogen-bond donors (Lipinski definition) is 1. The standard InChI is InChI=1S/C37H47ClFN5O4/c1-41(2)26-12-14-43(15-13-26)27-18-28(23-48-29-10-8-24(22-45)9-11-29)44(20-27)36(46)17-25-16-32(38)34(19-33(25)39)40-37(47)31-21-42(3)35-7-5-4-6-30(31)35/h4-7,16,19,21-22,24,26-29H,8-15,17-18,20,23H2,1-3H3,(H,40,47)/t24?,27-,28-,29?/m0/s1. The van der Waals surface area contributed by atoms with E-state index in [-0.39, 0.29) is 52.7 Å². The third-order valence-corrected chi connectivity index (χ3v) is 11.1. The third kappa shape index (κ3) is 7.62. The maximum absolute atomic E-state index is 15.6. The van der Waals surface area contributed by atoms with Crippen molar-refractivity contribution in [1.29, 1.82) is 0 Å². The Morgan fingerprint density at radius 2 is 1.81 bits per heavy atom. The van der Waals surface area contributed by atoms with Crippen LogP contribution in [0.5, 0.6) is 0 Å². The number of rotatable bonds is 10. The van der Waals surface area contributed by atoms with Crippen molar-refractivity contribution in [3.8, 4) is 0 Å². The zero-order valence-electron chi connectivity index (χ0n) is 28.2. The average Bonchev–Trinajstić information content (AvgIpc) is 3.68. The van der Waals surface area contributed by atoms with Gasteiger partial charge in [-0.3, -0.25) is 14.5 Å². The summed E-state index contributed by atoms with van der Waals surface area (Å²) in [6.45, 7) is 2.96. The Morgan fingerprint density at radius 3 is 2.52 bits per heavy atom. The number of benzene rings is 2. The first-order chi connectivity index (χ1) is 23.1. The molecule has 0 unspecified atom stereocenters. The second kappa shape index (κ2) is 15.1. The molecule has 2 aliphatic heterocycles. The van der Waals surface area contributed by atoms with Crippen molar-refractivity contribution in [2.45, 2.75) is 75.6 Å². The minimum Gasteiger partial charge on any atom is -0.376 e. The molecule has 0 spiro atoms. The Bertz CT molecular complexity index is 1630. The molecule has 3 aromatic rings. The number of aldehydes is 1. The van der Waals surface area contributed by atoms with Crippen molar-refractivity contribution >= 4 is 46.3 Å². The normalized spacial score (nSPS) is 24.0. The summed E-state index contributed by atoms with van der Waals surface area (Å²) in [4.78, 5) is 45.0. The molecule has 0 radical (unpaired) electrons. The summed E-state index contributed by atoms with van der Waals surface area (Å²) in [6.07, 6.45) is 9.09. The molecular weight excluding hydrogens is 633 g/mol. The lowest BCUT2D eigenvalue weighted by Crippen LogP contribution is -2.47. The first kappa shape index (κ1) is 34.5. The van der Waals surface area contributed by atoms with Crippen molar-refractivity contribution < 1.29 is 23.5 Å². The summed E-state index contributed by atoms with van der Waals surface area (Å²) >= 11 is 6.58. The number of carbonyl (C=O) groups is 3. The summed E-state index contributed by atoms with van der Waals surface area (Å²) in [5, 5.41) is 3.71. The van der Waals surface area contributed by atoms with E-state index < -0.39 is 11.7 Å². The predicted molar refractivity (Wildman–Crippen MR) is 186 cm³/mol. The monoisotopic (exact) mass is 679 g/mol. The van der Waals surface area contributed by atoms with Crippen LogP contribution in [0.4, 0.5) is 10.1 Å². The SMILES string of the molecule is CN(C)C1CCN([C@H]2C[C@@H](COC3CCC(C=O)CC3)N(C(=O)Cc3cc(Cl)c(NC(=O)c4cn(C)c5ccccc45)cc3F)C2)CC1. The minimum atomic E-state index is -0.595. The highest BCUT2D eigenvalue weighted by Crippen LogP contribution is 2.32. The number of carbonyl (C=O) groups excluding carboxylic acids is 3. The quantitative estimate of drug-likeness (QED) is 0.284. The Hall–Kier alpha value is -3.31. The largest absolute Gasteiger partial charge is 0.376 e. The molecule has 3 aliphatic rings. The van der Waals surface area contributed by atoms with Gasteiger partial charge in [0.15, 0.2) is 0 Å².